The molecule has 0 aliphatic carbocycles. The number of rotatable bonds is 6. The van der Waals surface area contributed by atoms with Gasteiger partial charge in [0, 0.05) is 38.1 Å². The van der Waals surface area contributed by atoms with E-state index in [-0.39, 0.29) is 0 Å². The minimum atomic E-state index is 0.526. The van der Waals surface area contributed by atoms with Crippen molar-refractivity contribution in [3.05, 3.63) is 18.0 Å². The van der Waals surface area contributed by atoms with Crippen LogP contribution in [0.5, 0.6) is 0 Å². The van der Waals surface area contributed by atoms with Crippen molar-refractivity contribution in [3.8, 4) is 0 Å². The molecule has 2 rings (SSSR count). The number of ether oxygens (including phenoxy) is 1. The first-order chi connectivity index (χ1) is 9.33. The van der Waals surface area contributed by atoms with Gasteiger partial charge in [-0.15, -0.1) is 0 Å². The molecule has 1 aromatic rings. The summed E-state index contributed by atoms with van der Waals surface area (Å²) in [7, 11) is 0. The summed E-state index contributed by atoms with van der Waals surface area (Å²) in [5, 5.41) is 3.34. The third kappa shape index (κ3) is 4.14. The van der Waals surface area contributed by atoms with Gasteiger partial charge in [-0.3, -0.25) is 4.90 Å². The summed E-state index contributed by atoms with van der Waals surface area (Å²) in [6.45, 7) is 8.96. The molecule has 5 nitrogen and oxygen atoms in total. The molecule has 0 radical (unpaired) electrons. The normalized spacial score (nSPS) is 18.2. The number of aromatic nitrogens is 2. The van der Waals surface area contributed by atoms with Gasteiger partial charge in [0.25, 0.3) is 0 Å². The number of nitrogens with one attached hydrogen (secondary N) is 1. The quantitative estimate of drug-likeness (QED) is 0.845. The first-order valence-corrected chi connectivity index (χ1v) is 7.20. The summed E-state index contributed by atoms with van der Waals surface area (Å²) in [5.74, 6) is 0.726. The van der Waals surface area contributed by atoms with Crippen LogP contribution in [0.1, 0.15) is 25.8 Å². The van der Waals surface area contributed by atoms with Crippen LogP contribution in [-0.2, 0) is 11.2 Å². The lowest BCUT2D eigenvalue weighted by Crippen LogP contribution is -2.46. The molecule has 1 aliphatic heterocycles. The third-order valence-electron chi connectivity index (χ3n) is 3.64. The van der Waals surface area contributed by atoms with Gasteiger partial charge in [0.2, 0.25) is 5.95 Å². The molecule has 1 aromatic heterocycles. The fraction of sp³-hybridized carbons (Fsp3) is 0.714. The summed E-state index contributed by atoms with van der Waals surface area (Å²) >= 11 is 0. The van der Waals surface area contributed by atoms with Gasteiger partial charge < -0.3 is 10.1 Å². The lowest BCUT2D eigenvalue weighted by Gasteiger charge is -2.34. The molecule has 1 N–H and O–H groups in total. The van der Waals surface area contributed by atoms with E-state index in [0.29, 0.717) is 6.04 Å². The van der Waals surface area contributed by atoms with Crippen LogP contribution in [0.2, 0.25) is 0 Å². The Labute approximate surface area is 115 Å². The Bertz CT molecular complexity index is 362. The number of hydrogen-bond donors (Lipinski definition) is 1. The van der Waals surface area contributed by atoms with Crippen LogP contribution in [-0.4, -0.2) is 53.8 Å². The number of anilines is 1. The monoisotopic (exact) mass is 264 g/mol. The van der Waals surface area contributed by atoms with E-state index in [4.69, 9.17) is 4.74 Å². The molecule has 2 heterocycles. The van der Waals surface area contributed by atoms with Crippen LogP contribution in [0.3, 0.4) is 0 Å². The highest BCUT2D eigenvalue weighted by Gasteiger charge is 2.19. The van der Waals surface area contributed by atoms with Crippen molar-refractivity contribution in [1.29, 1.82) is 0 Å². The van der Waals surface area contributed by atoms with Gasteiger partial charge in [0.05, 0.1) is 13.2 Å². The molecule has 1 atom stereocenters. The molecule has 5 heteroatoms. The van der Waals surface area contributed by atoms with Crippen molar-refractivity contribution in [2.24, 2.45) is 0 Å². The van der Waals surface area contributed by atoms with Crippen molar-refractivity contribution < 1.29 is 4.74 Å². The molecule has 0 spiro atoms. The molecule has 0 amide bonds. The zero-order valence-corrected chi connectivity index (χ0v) is 11.9. The van der Waals surface area contributed by atoms with Crippen LogP contribution in [0.4, 0.5) is 5.95 Å². The fourth-order valence-corrected chi connectivity index (χ4v) is 2.31. The van der Waals surface area contributed by atoms with Gasteiger partial charge in [-0.2, -0.15) is 0 Å². The summed E-state index contributed by atoms with van der Waals surface area (Å²) in [5.41, 5.74) is 1.17. The molecular formula is C14H24N4O. The third-order valence-corrected chi connectivity index (χ3v) is 3.64. The second-order valence-corrected chi connectivity index (χ2v) is 4.86. The second kappa shape index (κ2) is 7.40. The zero-order chi connectivity index (χ0) is 13.5. The van der Waals surface area contributed by atoms with Crippen molar-refractivity contribution in [3.63, 3.8) is 0 Å². The zero-order valence-electron chi connectivity index (χ0n) is 11.9. The van der Waals surface area contributed by atoms with E-state index in [1.807, 2.05) is 12.4 Å². The Morgan fingerprint density at radius 2 is 1.95 bits per heavy atom. The largest absolute Gasteiger partial charge is 0.379 e. The van der Waals surface area contributed by atoms with Crippen LogP contribution in [0.15, 0.2) is 12.4 Å². The van der Waals surface area contributed by atoms with Gasteiger partial charge in [-0.1, -0.05) is 13.8 Å². The molecular weight excluding hydrogens is 240 g/mol. The minimum absolute atomic E-state index is 0.526. The van der Waals surface area contributed by atoms with Crippen LogP contribution in [0.25, 0.3) is 0 Å². The van der Waals surface area contributed by atoms with Gasteiger partial charge >= 0.3 is 0 Å². The van der Waals surface area contributed by atoms with Crippen molar-refractivity contribution >= 4 is 5.95 Å². The molecule has 19 heavy (non-hydrogen) atoms. The summed E-state index contributed by atoms with van der Waals surface area (Å²) < 4.78 is 5.40. The summed E-state index contributed by atoms with van der Waals surface area (Å²) in [4.78, 5) is 11.2. The number of aryl methyl sites for hydroxylation is 1. The van der Waals surface area contributed by atoms with Crippen molar-refractivity contribution in [2.45, 2.75) is 32.7 Å². The van der Waals surface area contributed by atoms with Crippen molar-refractivity contribution in [2.75, 3.05) is 38.2 Å². The highest BCUT2D eigenvalue weighted by molar-refractivity contribution is 5.25. The molecule has 0 unspecified atom stereocenters. The van der Waals surface area contributed by atoms with Crippen molar-refractivity contribution in [1.82, 2.24) is 14.9 Å². The Kier molecular flexibility index (Phi) is 5.54. The predicted molar refractivity (Wildman–Crippen MR) is 76.4 cm³/mol. The van der Waals surface area contributed by atoms with E-state index < -0.39 is 0 Å². The van der Waals surface area contributed by atoms with E-state index in [1.165, 1.54) is 5.56 Å². The van der Waals surface area contributed by atoms with E-state index in [1.54, 1.807) is 0 Å². The average Bonchev–Trinajstić information content (AvgIpc) is 2.49. The smallest absolute Gasteiger partial charge is 0.222 e. The molecule has 0 bridgehead atoms. The van der Waals surface area contributed by atoms with Gasteiger partial charge in [-0.05, 0) is 18.4 Å². The lowest BCUT2D eigenvalue weighted by molar-refractivity contribution is 0.0184. The Balaban J connectivity index is 1.84. The Morgan fingerprint density at radius 3 is 2.53 bits per heavy atom. The molecule has 106 valence electrons. The lowest BCUT2D eigenvalue weighted by atomic mass is 10.2. The summed E-state index contributed by atoms with van der Waals surface area (Å²) in [6, 6.07) is 0.526. The van der Waals surface area contributed by atoms with Gasteiger partial charge in [0.15, 0.2) is 0 Å². The second-order valence-electron chi connectivity index (χ2n) is 4.86. The van der Waals surface area contributed by atoms with Crippen LogP contribution in [0, 0.1) is 0 Å². The maximum atomic E-state index is 5.40. The number of morpholine rings is 1. The predicted octanol–water partition coefficient (Wildman–Crippen LogP) is 1.56. The fourth-order valence-electron chi connectivity index (χ4n) is 2.31. The van der Waals surface area contributed by atoms with Gasteiger partial charge in [-0.25, -0.2) is 9.97 Å². The van der Waals surface area contributed by atoms with E-state index in [0.717, 1.165) is 51.6 Å². The minimum Gasteiger partial charge on any atom is -0.379 e. The number of nitrogens with zero attached hydrogens (tertiary/aromatic N) is 3. The van der Waals surface area contributed by atoms with E-state index >= 15 is 0 Å². The molecule has 1 saturated heterocycles. The maximum Gasteiger partial charge on any atom is 0.222 e. The summed E-state index contributed by atoms with van der Waals surface area (Å²) in [6.07, 6.45) is 5.89. The van der Waals surface area contributed by atoms with E-state index in [9.17, 15) is 0 Å². The number of hydrogen-bond acceptors (Lipinski definition) is 5. The first kappa shape index (κ1) is 14.2. The molecule has 1 fully saturated rings. The maximum absolute atomic E-state index is 5.40. The molecule has 0 saturated carbocycles. The van der Waals surface area contributed by atoms with E-state index in [2.05, 4.69) is 34.0 Å². The first-order valence-electron chi connectivity index (χ1n) is 7.20. The topological polar surface area (TPSA) is 50.3 Å². The molecule has 0 aromatic carbocycles. The standard InChI is InChI=1S/C14H24N4O/c1-3-12-9-15-14(16-10-12)17-11-13(4-2)18-5-7-19-8-6-18/h9-10,13H,3-8,11H2,1-2H3,(H,15,16,17)/t13-/m1/s1. The Morgan fingerprint density at radius 1 is 1.26 bits per heavy atom. The Hall–Kier alpha value is -1.20. The van der Waals surface area contributed by atoms with Gasteiger partial charge in [0.1, 0.15) is 0 Å². The highest BCUT2D eigenvalue weighted by atomic mass is 16.5. The SMILES string of the molecule is CCc1cnc(NC[C@@H](CC)N2CCOCC2)nc1. The van der Waals surface area contributed by atoms with Crippen LogP contribution < -0.4 is 5.32 Å². The van der Waals surface area contributed by atoms with Crippen LogP contribution >= 0.6 is 0 Å². The highest BCUT2D eigenvalue weighted by Crippen LogP contribution is 2.09. The molecule has 1 aliphatic rings. The average molecular weight is 264 g/mol.